The number of allylic oxidation sites excluding steroid dienone is 5. The minimum Gasteiger partial charge on any atom is -0.165 e. The van der Waals surface area contributed by atoms with Gasteiger partial charge in [-0.15, -0.1) is 0 Å². The molecule has 0 aliphatic heterocycles. The first-order chi connectivity index (χ1) is 11.7. The van der Waals surface area contributed by atoms with Gasteiger partial charge in [0.25, 0.3) is 0 Å². The molecule has 24 heavy (non-hydrogen) atoms. The van der Waals surface area contributed by atoms with E-state index in [0.717, 1.165) is 0 Å². The van der Waals surface area contributed by atoms with Gasteiger partial charge in [-0.3, -0.25) is 0 Å². The molecule has 2 rings (SSSR count). The number of rotatable bonds is 8. The smallest absolute Gasteiger partial charge is 0.00193 e. The van der Waals surface area contributed by atoms with Crippen molar-refractivity contribution >= 4 is 28.6 Å². The van der Waals surface area contributed by atoms with E-state index in [2.05, 4.69) is 92.9 Å². The largest absolute Gasteiger partial charge is 0.165 e. The molecule has 0 aromatic heterocycles. The Morgan fingerprint density at radius 3 is 2.67 bits per heavy atom. The van der Waals surface area contributed by atoms with Crippen molar-refractivity contribution in [2.45, 2.75) is 26.7 Å². The van der Waals surface area contributed by atoms with E-state index in [4.69, 9.17) is 0 Å². The van der Waals surface area contributed by atoms with Crippen LogP contribution < -0.4 is 0 Å². The molecule has 1 atom stereocenters. The molecule has 0 radical (unpaired) electrons. The Bertz CT molecular complexity index is 722. The van der Waals surface area contributed by atoms with Gasteiger partial charge in [-0.25, -0.2) is 0 Å². The lowest BCUT2D eigenvalue weighted by Crippen LogP contribution is -1.99. The molecule has 1 unspecified atom stereocenters. The molecule has 0 aliphatic carbocycles. The summed E-state index contributed by atoms with van der Waals surface area (Å²) in [6, 6.07) is 15.2. The topological polar surface area (TPSA) is 0 Å². The van der Waals surface area contributed by atoms with Gasteiger partial charge in [-0.2, -0.15) is 11.8 Å². The minimum atomic E-state index is 0.514. The second-order valence-electron chi connectivity index (χ2n) is 6.14. The fourth-order valence-corrected chi connectivity index (χ4v) is 3.29. The minimum absolute atomic E-state index is 0.514. The van der Waals surface area contributed by atoms with Gasteiger partial charge in [0.15, 0.2) is 0 Å². The van der Waals surface area contributed by atoms with E-state index in [1.54, 1.807) is 0 Å². The number of thioether (sulfide) groups is 1. The van der Waals surface area contributed by atoms with Gasteiger partial charge in [0.2, 0.25) is 0 Å². The highest BCUT2D eigenvalue weighted by molar-refractivity contribution is 7.98. The molecule has 1 heteroatoms. The Morgan fingerprint density at radius 2 is 1.92 bits per heavy atom. The van der Waals surface area contributed by atoms with Crippen molar-refractivity contribution in [1.29, 1.82) is 0 Å². The molecular weight excluding hydrogens is 308 g/mol. The van der Waals surface area contributed by atoms with Crippen molar-refractivity contribution < 1.29 is 0 Å². The molecule has 0 saturated carbocycles. The molecule has 126 valence electrons. The number of fused-ring (bicyclic) bond motifs is 1. The molecular formula is C23H28S. The quantitative estimate of drug-likeness (QED) is 0.365. The summed E-state index contributed by atoms with van der Waals surface area (Å²) >= 11 is 1.93. The van der Waals surface area contributed by atoms with Crippen LogP contribution in [0.3, 0.4) is 0 Å². The third kappa shape index (κ3) is 5.72. The van der Waals surface area contributed by atoms with Crippen molar-refractivity contribution in [3.8, 4) is 0 Å². The number of hydrogen-bond donors (Lipinski definition) is 0. The zero-order valence-corrected chi connectivity index (χ0v) is 15.9. The number of hydrogen-bond acceptors (Lipinski definition) is 1. The van der Waals surface area contributed by atoms with Crippen LogP contribution in [-0.2, 0) is 0 Å². The van der Waals surface area contributed by atoms with Crippen LogP contribution in [0.4, 0.5) is 0 Å². The Balaban J connectivity index is 2.17. The van der Waals surface area contributed by atoms with Crippen molar-refractivity contribution in [1.82, 2.24) is 0 Å². The summed E-state index contributed by atoms with van der Waals surface area (Å²) in [5.74, 6) is 1.75. The summed E-state index contributed by atoms with van der Waals surface area (Å²) in [5, 5.41) is 2.61. The van der Waals surface area contributed by atoms with Crippen LogP contribution in [-0.4, -0.2) is 12.0 Å². The first kappa shape index (κ1) is 18.6. The molecule has 2 aromatic carbocycles. The van der Waals surface area contributed by atoms with Crippen LogP contribution in [0.1, 0.15) is 32.3 Å². The average Bonchev–Trinajstić information content (AvgIpc) is 2.62. The van der Waals surface area contributed by atoms with Gasteiger partial charge in [0.1, 0.15) is 0 Å². The third-order valence-electron chi connectivity index (χ3n) is 4.29. The zero-order valence-electron chi connectivity index (χ0n) is 15.0. The standard InChI is InChI=1S/C23H28S/c1-4-5-9-19(2)21(12-8-17-24-3)15-13-20-14-16-22-10-6-7-11-23(22)18-20/h4-7,9-11,13-16,18,21H,8,12,17H2,1-3H3/b5-4-,15-13-,19-9+. The fraction of sp³-hybridized carbons (Fsp3) is 0.304. The lowest BCUT2D eigenvalue weighted by atomic mass is 9.93. The van der Waals surface area contributed by atoms with E-state index in [1.165, 1.54) is 40.5 Å². The van der Waals surface area contributed by atoms with E-state index >= 15 is 0 Å². The molecule has 0 heterocycles. The summed E-state index contributed by atoms with van der Waals surface area (Å²) < 4.78 is 0. The van der Waals surface area contributed by atoms with Gasteiger partial charge >= 0.3 is 0 Å². The summed E-state index contributed by atoms with van der Waals surface area (Å²) in [4.78, 5) is 0. The molecule has 2 aromatic rings. The molecule has 0 N–H and O–H groups in total. The molecule has 0 aliphatic rings. The van der Waals surface area contributed by atoms with Crippen molar-refractivity contribution in [3.63, 3.8) is 0 Å². The summed E-state index contributed by atoms with van der Waals surface area (Å²) in [7, 11) is 0. The van der Waals surface area contributed by atoms with Crippen LogP contribution in [0, 0.1) is 5.92 Å². The molecule has 0 nitrogen and oxygen atoms in total. The van der Waals surface area contributed by atoms with Crippen LogP contribution in [0.2, 0.25) is 0 Å². The average molecular weight is 337 g/mol. The monoisotopic (exact) mass is 336 g/mol. The Labute approximate surface area is 151 Å². The highest BCUT2D eigenvalue weighted by Gasteiger charge is 2.06. The summed E-state index contributed by atoms with van der Waals surface area (Å²) in [5.41, 5.74) is 2.72. The van der Waals surface area contributed by atoms with Crippen LogP contribution in [0.15, 0.2) is 72.3 Å². The molecule has 0 fully saturated rings. The van der Waals surface area contributed by atoms with Gasteiger partial charge in [-0.05, 0) is 67.0 Å². The summed E-state index contributed by atoms with van der Waals surface area (Å²) in [6.07, 6.45) is 15.8. The van der Waals surface area contributed by atoms with Crippen molar-refractivity contribution in [2.24, 2.45) is 5.92 Å². The molecule has 0 saturated heterocycles. The maximum Gasteiger partial charge on any atom is -0.00193 e. The highest BCUT2D eigenvalue weighted by Crippen LogP contribution is 2.22. The normalized spacial score (nSPS) is 14.0. The van der Waals surface area contributed by atoms with E-state index in [9.17, 15) is 0 Å². The Hall–Kier alpha value is -1.73. The van der Waals surface area contributed by atoms with Gasteiger partial charge < -0.3 is 0 Å². The van der Waals surface area contributed by atoms with Crippen molar-refractivity contribution in [3.05, 3.63) is 77.9 Å². The predicted molar refractivity (Wildman–Crippen MR) is 113 cm³/mol. The fourth-order valence-electron chi connectivity index (χ4n) is 2.83. The molecule has 0 bridgehead atoms. The highest BCUT2D eigenvalue weighted by atomic mass is 32.2. The Kier molecular flexibility index (Phi) is 7.91. The van der Waals surface area contributed by atoms with Gasteiger partial charge in [0, 0.05) is 0 Å². The second-order valence-corrected chi connectivity index (χ2v) is 7.13. The van der Waals surface area contributed by atoms with E-state index in [0.29, 0.717) is 5.92 Å². The SMILES string of the molecule is C/C=C\C=C(/C)C(/C=C\c1ccc2ccccc2c1)CCCSC. The van der Waals surface area contributed by atoms with Crippen LogP contribution in [0.5, 0.6) is 0 Å². The van der Waals surface area contributed by atoms with Crippen LogP contribution in [0.25, 0.3) is 16.8 Å². The lowest BCUT2D eigenvalue weighted by molar-refractivity contribution is 0.664. The predicted octanol–water partition coefficient (Wildman–Crippen LogP) is 7.13. The Morgan fingerprint density at radius 1 is 1.12 bits per heavy atom. The van der Waals surface area contributed by atoms with Gasteiger partial charge in [0.05, 0.1) is 0 Å². The third-order valence-corrected chi connectivity index (χ3v) is 4.99. The van der Waals surface area contributed by atoms with Crippen molar-refractivity contribution in [2.75, 3.05) is 12.0 Å². The lowest BCUT2D eigenvalue weighted by Gasteiger charge is -2.13. The first-order valence-electron chi connectivity index (χ1n) is 8.70. The molecule has 0 amide bonds. The maximum absolute atomic E-state index is 2.37. The second kappa shape index (κ2) is 10.2. The first-order valence-corrected chi connectivity index (χ1v) is 10.1. The van der Waals surface area contributed by atoms with E-state index in [-0.39, 0.29) is 0 Å². The van der Waals surface area contributed by atoms with Gasteiger partial charge in [-0.1, -0.05) is 72.4 Å². The molecule has 0 spiro atoms. The van der Waals surface area contributed by atoms with Crippen LogP contribution >= 0.6 is 11.8 Å². The summed E-state index contributed by atoms with van der Waals surface area (Å²) in [6.45, 7) is 4.31. The van der Waals surface area contributed by atoms with E-state index < -0.39 is 0 Å². The number of benzene rings is 2. The maximum atomic E-state index is 2.37. The van der Waals surface area contributed by atoms with E-state index in [1.807, 2.05) is 11.8 Å². The zero-order chi connectivity index (χ0) is 17.2.